The van der Waals surface area contributed by atoms with Crippen molar-refractivity contribution in [3.63, 3.8) is 0 Å². The number of methoxy groups -OCH3 is 1. The minimum absolute atomic E-state index is 0.0480. The van der Waals surface area contributed by atoms with Gasteiger partial charge in [0.15, 0.2) is 0 Å². The van der Waals surface area contributed by atoms with Gasteiger partial charge in [0.2, 0.25) is 5.91 Å². The molecule has 0 aliphatic rings. The van der Waals surface area contributed by atoms with Gasteiger partial charge >= 0.3 is 0 Å². The van der Waals surface area contributed by atoms with Gasteiger partial charge in [0.05, 0.1) is 18.2 Å². The van der Waals surface area contributed by atoms with E-state index in [1.165, 1.54) is 17.7 Å². The van der Waals surface area contributed by atoms with Crippen LogP contribution in [0.3, 0.4) is 0 Å². The van der Waals surface area contributed by atoms with E-state index in [9.17, 15) is 14.9 Å². The van der Waals surface area contributed by atoms with E-state index in [0.29, 0.717) is 18.8 Å². The standard InChI is InChI=1S/C26H27N3O5/c1-19-16-25(33-2)15-10-22(19)4-3-5-26(30)28-27-17-20-8-13-24(14-9-20)34-18-21-6-11-23(12-7-21)29(31)32/h6-17H,3-5,18H2,1-2H3,(H,28,30)/b27-17-. The number of amides is 1. The molecule has 3 rings (SSSR count). The Bertz CT molecular complexity index is 1140. The molecule has 1 N–H and O–H groups in total. The summed E-state index contributed by atoms with van der Waals surface area (Å²) in [5.74, 6) is 1.36. The molecule has 8 heteroatoms. The summed E-state index contributed by atoms with van der Waals surface area (Å²) < 4.78 is 10.9. The summed E-state index contributed by atoms with van der Waals surface area (Å²) in [6, 6.07) is 19.4. The minimum atomic E-state index is -0.434. The molecular weight excluding hydrogens is 434 g/mol. The number of carbonyl (C=O) groups is 1. The minimum Gasteiger partial charge on any atom is -0.497 e. The van der Waals surface area contributed by atoms with E-state index in [2.05, 4.69) is 10.5 Å². The van der Waals surface area contributed by atoms with Crippen LogP contribution >= 0.6 is 0 Å². The van der Waals surface area contributed by atoms with E-state index in [1.807, 2.05) is 37.3 Å². The SMILES string of the molecule is COc1ccc(CCCC(=O)N/N=C\c2ccc(OCc3ccc([N+](=O)[O-])cc3)cc2)c(C)c1. The molecule has 3 aromatic rings. The number of nitrogens with one attached hydrogen (secondary N) is 1. The van der Waals surface area contributed by atoms with E-state index in [0.717, 1.165) is 35.3 Å². The monoisotopic (exact) mass is 461 g/mol. The number of non-ortho nitro benzene ring substituents is 1. The predicted octanol–water partition coefficient (Wildman–Crippen LogP) is 4.96. The number of hydrazone groups is 1. The molecule has 0 unspecified atom stereocenters. The molecule has 176 valence electrons. The topological polar surface area (TPSA) is 103 Å². The molecule has 0 fully saturated rings. The van der Waals surface area contributed by atoms with Gasteiger partial charge in [-0.15, -0.1) is 0 Å². The van der Waals surface area contributed by atoms with Crippen molar-refractivity contribution >= 4 is 17.8 Å². The average Bonchev–Trinajstić information content (AvgIpc) is 2.84. The predicted molar refractivity (Wildman–Crippen MR) is 130 cm³/mol. The lowest BCUT2D eigenvalue weighted by molar-refractivity contribution is -0.384. The molecule has 0 saturated carbocycles. The van der Waals surface area contributed by atoms with E-state index < -0.39 is 4.92 Å². The Morgan fingerprint density at radius 1 is 1.06 bits per heavy atom. The molecular formula is C26H27N3O5. The highest BCUT2D eigenvalue weighted by molar-refractivity contribution is 5.82. The van der Waals surface area contributed by atoms with Gasteiger partial charge in [-0.1, -0.05) is 6.07 Å². The van der Waals surface area contributed by atoms with Crippen LogP contribution in [-0.2, 0) is 17.8 Å². The Labute approximate surface area is 198 Å². The first-order chi connectivity index (χ1) is 16.4. The number of ether oxygens (including phenoxy) is 2. The Hall–Kier alpha value is -4.20. The highest BCUT2D eigenvalue weighted by Crippen LogP contribution is 2.19. The highest BCUT2D eigenvalue weighted by atomic mass is 16.6. The van der Waals surface area contributed by atoms with Gasteiger partial charge in [-0.05, 0) is 90.6 Å². The van der Waals surface area contributed by atoms with Crippen LogP contribution in [0.5, 0.6) is 11.5 Å². The van der Waals surface area contributed by atoms with E-state index in [1.54, 1.807) is 37.6 Å². The number of carbonyl (C=O) groups excluding carboxylic acids is 1. The smallest absolute Gasteiger partial charge is 0.269 e. The van der Waals surface area contributed by atoms with Crippen LogP contribution in [-0.4, -0.2) is 24.2 Å². The second kappa shape index (κ2) is 12.2. The Balaban J connectivity index is 1.39. The first kappa shape index (κ1) is 24.4. The summed E-state index contributed by atoms with van der Waals surface area (Å²) in [6.45, 7) is 2.34. The molecule has 1 amide bonds. The van der Waals surface area contributed by atoms with Crippen molar-refractivity contribution in [2.24, 2.45) is 5.10 Å². The molecule has 0 spiro atoms. The summed E-state index contributed by atoms with van der Waals surface area (Å²) >= 11 is 0. The molecule has 34 heavy (non-hydrogen) atoms. The molecule has 8 nitrogen and oxygen atoms in total. The Morgan fingerprint density at radius 2 is 1.76 bits per heavy atom. The number of benzene rings is 3. The first-order valence-corrected chi connectivity index (χ1v) is 10.9. The second-order valence-corrected chi connectivity index (χ2v) is 7.72. The fraction of sp³-hybridized carbons (Fsp3) is 0.231. The van der Waals surface area contributed by atoms with Crippen molar-refractivity contribution in [1.29, 1.82) is 0 Å². The van der Waals surface area contributed by atoms with Crippen LogP contribution in [0.1, 0.15) is 35.1 Å². The van der Waals surface area contributed by atoms with E-state index in [-0.39, 0.29) is 11.6 Å². The second-order valence-electron chi connectivity index (χ2n) is 7.72. The van der Waals surface area contributed by atoms with Crippen molar-refractivity contribution in [3.8, 4) is 11.5 Å². The molecule has 0 heterocycles. The van der Waals surface area contributed by atoms with Gasteiger partial charge in [-0.2, -0.15) is 5.10 Å². The van der Waals surface area contributed by atoms with Crippen molar-refractivity contribution in [1.82, 2.24) is 5.43 Å². The summed E-state index contributed by atoms with van der Waals surface area (Å²) in [5.41, 5.74) is 6.61. The molecule has 0 saturated heterocycles. The third kappa shape index (κ3) is 7.44. The molecule has 0 aromatic heterocycles. The fourth-order valence-electron chi connectivity index (χ4n) is 3.28. The van der Waals surface area contributed by atoms with E-state index in [4.69, 9.17) is 9.47 Å². The van der Waals surface area contributed by atoms with Crippen LogP contribution in [0.2, 0.25) is 0 Å². The summed E-state index contributed by atoms with van der Waals surface area (Å²) in [6.07, 6.45) is 3.51. The number of nitro benzene ring substituents is 1. The lowest BCUT2D eigenvalue weighted by atomic mass is 10.0. The van der Waals surface area contributed by atoms with Crippen LogP contribution < -0.4 is 14.9 Å². The fourth-order valence-corrected chi connectivity index (χ4v) is 3.28. The quantitative estimate of drug-likeness (QED) is 0.247. The number of hydrogen-bond acceptors (Lipinski definition) is 6. The molecule has 0 bridgehead atoms. The number of nitro groups is 1. The van der Waals surface area contributed by atoms with Crippen LogP contribution in [0.4, 0.5) is 5.69 Å². The average molecular weight is 462 g/mol. The lowest BCUT2D eigenvalue weighted by Gasteiger charge is -2.07. The van der Waals surface area contributed by atoms with Gasteiger partial charge < -0.3 is 9.47 Å². The molecule has 0 aliphatic carbocycles. The lowest BCUT2D eigenvalue weighted by Crippen LogP contribution is -2.17. The van der Waals surface area contributed by atoms with Crippen molar-refractivity contribution in [3.05, 3.63) is 99.1 Å². The van der Waals surface area contributed by atoms with Crippen molar-refractivity contribution in [2.75, 3.05) is 7.11 Å². The normalized spacial score (nSPS) is 10.8. The number of hydrogen-bond donors (Lipinski definition) is 1. The summed E-state index contributed by atoms with van der Waals surface area (Å²) in [5, 5.41) is 14.7. The maximum absolute atomic E-state index is 12.0. The summed E-state index contributed by atoms with van der Waals surface area (Å²) in [4.78, 5) is 22.3. The van der Waals surface area contributed by atoms with Crippen molar-refractivity contribution in [2.45, 2.75) is 32.8 Å². The maximum atomic E-state index is 12.0. The Kier molecular flexibility index (Phi) is 8.73. The zero-order chi connectivity index (χ0) is 24.3. The number of aryl methyl sites for hydroxylation is 2. The number of nitrogens with zero attached hydrogens (tertiary/aromatic N) is 2. The summed E-state index contributed by atoms with van der Waals surface area (Å²) in [7, 11) is 1.64. The van der Waals surface area contributed by atoms with Gasteiger partial charge in [0.25, 0.3) is 5.69 Å². The van der Waals surface area contributed by atoms with Crippen LogP contribution in [0, 0.1) is 17.0 Å². The van der Waals surface area contributed by atoms with Gasteiger partial charge in [0.1, 0.15) is 18.1 Å². The third-order valence-corrected chi connectivity index (χ3v) is 5.24. The maximum Gasteiger partial charge on any atom is 0.269 e. The van der Waals surface area contributed by atoms with Crippen LogP contribution in [0.15, 0.2) is 71.8 Å². The number of rotatable bonds is 11. The van der Waals surface area contributed by atoms with Gasteiger partial charge in [-0.3, -0.25) is 14.9 Å². The Morgan fingerprint density at radius 3 is 2.41 bits per heavy atom. The third-order valence-electron chi connectivity index (χ3n) is 5.24. The molecule has 0 aliphatic heterocycles. The molecule has 0 atom stereocenters. The largest absolute Gasteiger partial charge is 0.497 e. The van der Waals surface area contributed by atoms with Crippen LogP contribution in [0.25, 0.3) is 0 Å². The zero-order valence-corrected chi connectivity index (χ0v) is 19.2. The molecule has 3 aromatic carbocycles. The molecule has 0 radical (unpaired) electrons. The van der Waals surface area contributed by atoms with E-state index >= 15 is 0 Å². The van der Waals surface area contributed by atoms with Gasteiger partial charge in [0, 0.05) is 18.6 Å². The zero-order valence-electron chi connectivity index (χ0n) is 19.2. The first-order valence-electron chi connectivity index (χ1n) is 10.9. The highest BCUT2D eigenvalue weighted by Gasteiger charge is 2.05. The van der Waals surface area contributed by atoms with Gasteiger partial charge in [-0.25, -0.2) is 5.43 Å². The van der Waals surface area contributed by atoms with Crippen molar-refractivity contribution < 1.29 is 19.2 Å².